The van der Waals surface area contributed by atoms with Crippen LogP contribution in [0.15, 0.2) is 48.5 Å². The summed E-state index contributed by atoms with van der Waals surface area (Å²) in [5.74, 6) is -0.236. The molecule has 1 saturated heterocycles. The summed E-state index contributed by atoms with van der Waals surface area (Å²) in [5, 5.41) is 2.64. The zero-order valence-corrected chi connectivity index (χ0v) is 14.6. The molecular weight excluding hydrogens is 335 g/mol. The van der Waals surface area contributed by atoms with Crippen molar-refractivity contribution in [1.82, 2.24) is 4.90 Å². The lowest BCUT2D eigenvalue weighted by molar-refractivity contribution is -0.121. The molecule has 2 aromatic carbocycles. The van der Waals surface area contributed by atoms with Crippen LogP contribution in [0.5, 0.6) is 5.75 Å². The largest absolute Gasteiger partial charge is 0.497 e. The number of anilines is 1. The van der Waals surface area contributed by atoms with Crippen molar-refractivity contribution in [2.45, 2.75) is 12.8 Å². The highest BCUT2D eigenvalue weighted by Crippen LogP contribution is 2.22. The number of methoxy groups -OCH3 is 1. The maximum absolute atomic E-state index is 13.7. The van der Waals surface area contributed by atoms with E-state index in [1.807, 2.05) is 0 Å². The van der Waals surface area contributed by atoms with Gasteiger partial charge in [-0.1, -0.05) is 12.1 Å². The summed E-state index contributed by atoms with van der Waals surface area (Å²) in [5.41, 5.74) is 0.786. The van der Waals surface area contributed by atoms with Gasteiger partial charge < -0.3 is 15.0 Å². The van der Waals surface area contributed by atoms with E-state index < -0.39 is 5.82 Å². The van der Waals surface area contributed by atoms with Gasteiger partial charge in [0.05, 0.1) is 12.8 Å². The average molecular weight is 356 g/mol. The minimum absolute atomic E-state index is 0.0550. The molecule has 0 aliphatic carbocycles. The van der Waals surface area contributed by atoms with Gasteiger partial charge in [-0.25, -0.2) is 4.39 Å². The standard InChI is InChI=1S/C20H21FN2O3/c1-26-16-8-6-15(7-9-16)20(25)23-12-10-14(11-13-23)19(24)22-18-5-3-2-4-17(18)21/h2-9,14H,10-13H2,1H3,(H,22,24). The number of ether oxygens (including phenoxy) is 1. The molecule has 0 unspecified atom stereocenters. The Kier molecular flexibility index (Phi) is 5.51. The first-order valence-corrected chi connectivity index (χ1v) is 8.57. The molecule has 0 atom stereocenters. The van der Waals surface area contributed by atoms with Crippen molar-refractivity contribution in [2.24, 2.45) is 5.92 Å². The molecule has 0 saturated carbocycles. The molecule has 2 aromatic rings. The van der Waals surface area contributed by atoms with Gasteiger partial charge in [0, 0.05) is 24.6 Å². The Hall–Kier alpha value is -2.89. The highest BCUT2D eigenvalue weighted by atomic mass is 19.1. The fourth-order valence-corrected chi connectivity index (χ4v) is 3.06. The van der Waals surface area contributed by atoms with Gasteiger partial charge in [-0.2, -0.15) is 0 Å². The Morgan fingerprint density at radius 3 is 2.35 bits per heavy atom. The summed E-state index contributed by atoms with van der Waals surface area (Å²) in [6.45, 7) is 1.00. The number of rotatable bonds is 4. The summed E-state index contributed by atoms with van der Waals surface area (Å²) in [7, 11) is 1.58. The van der Waals surface area contributed by atoms with Crippen molar-refractivity contribution in [2.75, 3.05) is 25.5 Å². The molecule has 0 bridgehead atoms. The number of benzene rings is 2. The molecule has 0 radical (unpaired) electrons. The monoisotopic (exact) mass is 356 g/mol. The summed E-state index contributed by atoms with van der Waals surface area (Å²) in [6.07, 6.45) is 1.12. The number of hydrogen-bond donors (Lipinski definition) is 1. The minimum atomic E-state index is -0.451. The summed E-state index contributed by atoms with van der Waals surface area (Å²) < 4.78 is 18.7. The zero-order valence-electron chi connectivity index (χ0n) is 14.6. The number of carbonyl (C=O) groups excluding carboxylic acids is 2. The molecule has 2 amide bonds. The van der Waals surface area contributed by atoms with Crippen LogP contribution < -0.4 is 10.1 Å². The lowest BCUT2D eigenvalue weighted by Gasteiger charge is -2.31. The number of piperidine rings is 1. The highest BCUT2D eigenvalue weighted by molar-refractivity contribution is 5.95. The van der Waals surface area contributed by atoms with E-state index in [0.717, 1.165) is 0 Å². The second kappa shape index (κ2) is 7.99. The van der Waals surface area contributed by atoms with Gasteiger partial charge in [-0.15, -0.1) is 0 Å². The first-order chi connectivity index (χ1) is 12.6. The fourth-order valence-electron chi connectivity index (χ4n) is 3.06. The number of carbonyl (C=O) groups is 2. The van der Waals surface area contributed by atoms with Gasteiger partial charge in [0.2, 0.25) is 5.91 Å². The molecule has 0 aromatic heterocycles. The van der Waals surface area contributed by atoms with Gasteiger partial charge >= 0.3 is 0 Å². The number of halogens is 1. The van der Waals surface area contributed by atoms with Crippen LogP contribution in [0.4, 0.5) is 10.1 Å². The van der Waals surface area contributed by atoms with Crippen molar-refractivity contribution >= 4 is 17.5 Å². The summed E-state index contributed by atoms with van der Waals surface area (Å²) in [4.78, 5) is 26.6. The molecule has 1 heterocycles. The third-order valence-corrected chi connectivity index (χ3v) is 4.62. The van der Waals surface area contributed by atoms with Crippen molar-refractivity contribution < 1.29 is 18.7 Å². The first-order valence-electron chi connectivity index (χ1n) is 8.57. The zero-order chi connectivity index (χ0) is 18.5. The molecular formula is C20H21FN2O3. The smallest absolute Gasteiger partial charge is 0.253 e. The summed E-state index contributed by atoms with van der Waals surface area (Å²) in [6, 6.07) is 13.1. The SMILES string of the molecule is COc1ccc(C(=O)N2CCC(C(=O)Nc3ccccc3F)CC2)cc1. The first kappa shape index (κ1) is 17.9. The van der Waals surface area contributed by atoms with Crippen LogP contribution in [0.3, 0.4) is 0 Å². The van der Waals surface area contributed by atoms with Gasteiger partial charge in [0.1, 0.15) is 11.6 Å². The van der Waals surface area contributed by atoms with Gasteiger partial charge in [0.15, 0.2) is 0 Å². The van der Waals surface area contributed by atoms with E-state index in [1.165, 1.54) is 12.1 Å². The minimum Gasteiger partial charge on any atom is -0.497 e. The third-order valence-electron chi connectivity index (χ3n) is 4.62. The average Bonchev–Trinajstić information content (AvgIpc) is 2.69. The van der Waals surface area contributed by atoms with E-state index >= 15 is 0 Å². The van der Waals surface area contributed by atoms with Crippen LogP contribution in [-0.4, -0.2) is 36.9 Å². The fraction of sp³-hybridized carbons (Fsp3) is 0.300. The third kappa shape index (κ3) is 4.02. The molecule has 5 nitrogen and oxygen atoms in total. The molecule has 1 fully saturated rings. The molecule has 6 heteroatoms. The van der Waals surface area contributed by atoms with E-state index in [0.29, 0.717) is 37.2 Å². The molecule has 1 N–H and O–H groups in total. The highest BCUT2D eigenvalue weighted by Gasteiger charge is 2.28. The van der Waals surface area contributed by atoms with Gasteiger partial charge in [-0.05, 0) is 49.2 Å². The Bertz CT molecular complexity index is 784. The van der Waals surface area contributed by atoms with Crippen molar-refractivity contribution in [3.63, 3.8) is 0 Å². The maximum atomic E-state index is 13.7. The summed E-state index contributed by atoms with van der Waals surface area (Å²) >= 11 is 0. The number of amides is 2. The van der Waals surface area contributed by atoms with E-state index in [2.05, 4.69) is 5.32 Å². The second-order valence-corrected chi connectivity index (χ2v) is 6.26. The Morgan fingerprint density at radius 2 is 1.73 bits per heavy atom. The number of nitrogens with one attached hydrogen (secondary N) is 1. The van der Waals surface area contributed by atoms with Gasteiger partial charge in [0.25, 0.3) is 5.91 Å². The van der Waals surface area contributed by atoms with E-state index in [1.54, 1.807) is 48.4 Å². The molecule has 26 heavy (non-hydrogen) atoms. The maximum Gasteiger partial charge on any atom is 0.253 e. The van der Waals surface area contributed by atoms with Crippen molar-refractivity contribution in [3.8, 4) is 5.75 Å². The molecule has 136 valence electrons. The molecule has 1 aliphatic heterocycles. The van der Waals surface area contributed by atoms with Crippen LogP contribution in [0.25, 0.3) is 0 Å². The van der Waals surface area contributed by atoms with E-state index in [4.69, 9.17) is 4.74 Å². The van der Waals surface area contributed by atoms with E-state index in [-0.39, 0.29) is 23.4 Å². The van der Waals surface area contributed by atoms with Crippen LogP contribution in [0.2, 0.25) is 0 Å². The number of para-hydroxylation sites is 1. The topological polar surface area (TPSA) is 58.6 Å². The predicted octanol–water partition coefficient (Wildman–Crippen LogP) is 3.33. The lowest BCUT2D eigenvalue weighted by Crippen LogP contribution is -2.41. The quantitative estimate of drug-likeness (QED) is 0.914. The Morgan fingerprint density at radius 1 is 1.08 bits per heavy atom. The van der Waals surface area contributed by atoms with Crippen LogP contribution in [0.1, 0.15) is 23.2 Å². The normalized spacial score (nSPS) is 14.8. The van der Waals surface area contributed by atoms with Crippen molar-refractivity contribution in [3.05, 3.63) is 59.9 Å². The van der Waals surface area contributed by atoms with Crippen LogP contribution in [-0.2, 0) is 4.79 Å². The molecule has 3 rings (SSSR count). The van der Waals surface area contributed by atoms with E-state index in [9.17, 15) is 14.0 Å². The van der Waals surface area contributed by atoms with Crippen LogP contribution >= 0.6 is 0 Å². The Labute approximate surface area is 151 Å². The molecule has 1 aliphatic rings. The van der Waals surface area contributed by atoms with Crippen molar-refractivity contribution in [1.29, 1.82) is 0 Å². The predicted molar refractivity (Wildman–Crippen MR) is 96.7 cm³/mol. The Balaban J connectivity index is 1.55. The molecule has 0 spiro atoms. The number of nitrogens with zero attached hydrogens (tertiary/aromatic N) is 1. The number of likely N-dealkylation sites (tertiary alicyclic amines) is 1. The van der Waals surface area contributed by atoms with Crippen LogP contribution in [0, 0.1) is 11.7 Å². The lowest BCUT2D eigenvalue weighted by atomic mass is 9.95. The van der Waals surface area contributed by atoms with Gasteiger partial charge in [-0.3, -0.25) is 9.59 Å². The second-order valence-electron chi connectivity index (χ2n) is 6.26. The number of hydrogen-bond acceptors (Lipinski definition) is 3.